The molecule has 2 nitrogen and oxygen atoms in total. The van der Waals surface area contributed by atoms with Crippen LogP contribution in [-0.4, -0.2) is 0 Å². The Morgan fingerprint density at radius 3 is 1.73 bits per heavy atom. The van der Waals surface area contributed by atoms with Gasteiger partial charge >= 0.3 is 0 Å². The van der Waals surface area contributed by atoms with E-state index in [2.05, 4.69) is 155 Å². The van der Waals surface area contributed by atoms with Gasteiger partial charge in [-0.25, -0.2) is 0 Å². The molecule has 0 bridgehead atoms. The molecule has 4 aliphatic rings. The van der Waals surface area contributed by atoms with Gasteiger partial charge in [0, 0.05) is 27.5 Å². The molecule has 7 aromatic carbocycles. The van der Waals surface area contributed by atoms with Crippen LogP contribution in [0.3, 0.4) is 0 Å². The molecule has 0 radical (unpaired) electrons. The van der Waals surface area contributed by atoms with Crippen LogP contribution in [0.4, 0.5) is 0 Å². The molecule has 2 aliphatic heterocycles. The van der Waals surface area contributed by atoms with Crippen LogP contribution >= 0.6 is 23.5 Å². The van der Waals surface area contributed by atoms with Crippen LogP contribution in [0.5, 0.6) is 23.0 Å². The Balaban J connectivity index is 0.944. The molecule has 2 heterocycles. The average molecular weight is 707 g/mol. The van der Waals surface area contributed by atoms with E-state index >= 15 is 0 Å². The van der Waals surface area contributed by atoms with E-state index in [1.165, 1.54) is 65.4 Å². The molecular weight excluding hydrogens is 673 g/mol. The lowest BCUT2D eigenvalue weighted by Crippen LogP contribution is -2.15. The molecule has 52 heavy (non-hydrogen) atoms. The largest absolute Gasteiger partial charge is 0.454 e. The lowest BCUT2D eigenvalue weighted by atomic mass is 9.81. The van der Waals surface area contributed by atoms with Gasteiger partial charge in [0.1, 0.15) is 23.0 Å². The van der Waals surface area contributed by atoms with Crippen molar-refractivity contribution >= 4 is 23.5 Å². The van der Waals surface area contributed by atoms with Gasteiger partial charge in [0.25, 0.3) is 0 Å². The van der Waals surface area contributed by atoms with E-state index in [1.807, 2.05) is 17.8 Å². The fourth-order valence-corrected chi connectivity index (χ4v) is 10.9. The van der Waals surface area contributed by atoms with Crippen molar-refractivity contribution in [2.24, 2.45) is 0 Å². The predicted octanol–water partition coefficient (Wildman–Crippen LogP) is 14.1. The molecule has 0 saturated carbocycles. The Morgan fingerprint density at radius 1 is 0.385 bits per heavy atom. The van der Waals surface area contributed by atoms with E-state index in [9.17, 15) is 0 Å². The third-order valence-corrected chi connectivity index (χ3v) is 13.8. The van der Waals surface area contributed by atoms with Gasteiger partial charge in [-0.3, -0.25) is 0 Å². The Hall–Kier alpha value is -5.16. The number of fused-ring (bicyclic) bond motifs is 12. The second-order valence-electron chi connectivity index (χ2n) is 15.3. The zero-order chi connectivity index (χ0) is 34.9. The van der Waals surface area contributed by atoms with Gasteiger partial charge in [-0.1, -0.05) is 148 Å². The van der Waals surface area contributed by atoms with Gasteiger partial charge in [-0.2, -0.15) is 0 Å². The molecule has 0 fully saturated rings. The standard InChI is InChI=1S/C48H34O2S2/c1-47(2)33-12-6-5-10-31(33)42-34(47)22-25-41-46(42)50-44-30(11-9-15-39(44)52-41)28-18-16-27(17-19-28)29-20-21-32-36(26-29)48(3,4)35-23-24-40-45(43(32)35)49-37-13-7-8-14-38(37)51-40/h5-26H,1-4H3. The monoisotopic (exact) mass is 706 g/mol. The average Bonchev–Trinajstić information content (AvgIpc) is 3.55. The topological polar surface area (TPSA) is 18.5 Å². The summed E-state index contributed by atoms with van der Waals surface area (Å²) >= 11 is 3.60. The summed E-state index contributed by atoms with van der Waals surface area (Å²) in [4.78, 5) is 4.65. The van der Waals surface area contributed by atoms with E-state index in [0.717, 1.165) is 43.9 Å². The van der Waals surface area contributed by atoms with Gasteiger partial charge in [-0.05, 0) is 86.5 Å². The van der Waals surface area contributed by atoms with Crippen molar-refractivity contribution in [3.8, 4) is 67.5 Å². The first kappa shape index (κ1) is 30.5. The molecule has 250 valence electrons. The number of para-hydroxylation sites is 2. The molecular formula is C48H34O2S2. The molecule has 0 saturated heterocycles. The van der Waals surface area contributed by atoms with Crippen LogP contribution in [-0.2, 0) is 10.8 Å². The van der Waals surface area contributed by atoms with Crippen molar-refractivity contribution in [2.75, 3.05) is 0 Å². The Labute approximate surface area is 312 Å². The smallest absolute Gasteiger partial charge is 0.149 e. The molecule has 11 rings (SSSR count). The van der Waals surface area contributed by atoms with Gasteiger partial charge < -0.3 is 9.47 Å². The van der Waals surface area contributed by atoms with Crippen molar-refractivity contribution < 1.29 is 9.47 Å². The van der Waals surface area contributed by atoms with Crippen LogP contribution in [0.1, 0.15) is 49.9 Å². The number of rotatable bonds is 2. The highest BCUT2D eigenvalue weighted by Gasteiger charge is 2.41. The van der Waals surface area contributed by atoms with Gasteiger partial charge in [0.15, 0.2) is 0 Å². The summed E-state index contributed by atoms with van der Waals surface area (Å²) < 4.78 is 13.6. The molecule has 7 aromatic rings. The molecule has 2 aliphatic carbocycles. The first-order valence-corrected chi connectivity index (χ1v) is 19.5. The van der Waals surface area contributed by atoms with Crippen molar-refractivity contribution in [3.63, 3.8) is 0 Å². The Kier molecular flexibility index (Phi) is 6.26. The van der Waals surface area contributed by atoms with Gasteiger partial charge in [0.2, 0.25) is 0 Å². The summed E-state index contributed by atoms with van der Waals surface area (Å²) in [5, 5.41) is 0. The molecule has 4 heteroatoms. The molecule has 0 atom stereocenters. The zero-order valence-electron chi connectivity index (χ0n) is 29.3. The fourth-order valence-electron chi connectivity index (χ4n) is 8.90. The second kappa shape index (κ2) is 10.7. The molecule has 0 aromatic heterocycles. The van der Waals surface area contributed by atoms with Crippen molar-refractivity contribution in [2.45, 2.75) is 58.1 Å². The van der Waals surface area contributed by atoms with Crippen molar-refractivity contribution in [3.05, 3.63) is 156 Å². The second-order valence-corrected chi connectivity index (χ2v) is 17.4. The van der Waals surface area contributed by atoms with E-state index in [4.69, 9.17) is 9.47 Å². The lowest BCUT2D eigenvalue weighted by molar-refractivity contribution is 0.455. The summed E-state index contributed by atoms with van der Waals surface area (Å²) in [6.45, 7) is 9.32. The van der Waals surface area contributed by atoms with Crippen molar-refractivity contribution in [1.29, 1.82) is 0 Å². The summed E-state index contributed by atoms with van der Waals surface area (Å²) in [5.74, 6) is 3.83. The predicted molar refractivity (Wildman–Crippen MR) is 214 cm³/mol. The van der Waals surface area contributed by atoms with Crippen molar-refractivity contribution in [1.82, 2.24) is 0 Å². The minimum absolute atomic E-state index is 0.0708. The summed E-state index contributed by atoms with van der Waals surface area (Å²) in [5.41, 5.74) is 14.8. The Morgan fingerprint density at radius 2 is 0.942 bits per heavy atom. The van der Waals surface area contributed by atoms with Crippen LogP contribution in [0, 0.1) is 0 Å². The number of hydrogen-bond donors (Lipinski definition) is 0. The minimum atomic E-state index is -0.148. The number of ether oxygens (including phenoxy) is 2. The summed E-state index contributed by atoms with van der Waals surface area (Å²) in [7, 11) is 0. The third kappa shape index (κ3) is 4.17. The maximum absolute atomic E-state index is 7.00. The maximum Gasteiger partial charge on any atom is 0.149 e. The highest BCUT2D eigenvalue weighted by molar-refractivity contribution is 8.00. The van der Waals surface area contributed by atoms with E-state index in [0.29, 0.717) is 0 Å². The highest BCUT2D eigenvalue weighted by Crippen LogP contribution is 2.61. The fraction of sp³-hybridized carbons (Fsp3) is 0.125. The summed E-state index contributed by atoms with van der Waals surface area (Å²) in [6, 6.07) is 48.7. The minimum Gasteiger partial charge on any atom is -0.454 e. The van der Waals surface area contributed by atoms with Crippen LogP contribution in [0.25, 0.3) is 44.5 Å². The van der Waals surface area contributed by atoms with E-state index in [-0.39, 0.29) is 10.8 Å². The molecule has 0 N–H and O–H groups in total. The zero-order valence-corrected chi connectivity index (χ0v) is 31.0. The van der Waals surface area contributed by atoms with Crippen LogP contribution in [0.15, 0.2) is 153 Å². The Bertz CT molecular complexity index is 2680. The quantitative estimate of drug-likeness (QED) is 0.178. The van der Waals surface area contributed by atoms with Gasteiger partial charge in [0.05, 0.1) is 19.6 Å². The highest BCUT2D eigenvalue weighted by atomic mass is 32.2. The number of hydrogen-bond acceptors (Lipinski definition) is 4. The molecule has 0 unspecified atom stereocenters. The maximum atomic E-state index is 7.00. The number of benzene rings is 7. The third-order valence-electron chi connectivity index (χ3n) is 11.6. The molecule has 0 amide bonds. The van der Waals surface area contributed by atoms with Crippen LogP contribution < -0.4 is 9.47 Å². The normalized spacial score (nSPS) is 15.8. The van der Waals surface area contributed by atoms with E-state index < -0.39 is 0 Å². The van der Waals surface area contributed by atoms with E-state index in [1.54, 1.807) is 11.8 Å². The summed E-state index contributed by atoms with van der Waals surface area (Å²) in [6.07, 6.45) is 0. The first-order chi connectivity index (χ1) is 25.3. The SMILES string of the molecule is CC1(C)c2cc(-c3ccc(-c4cccc5c4Oc4c(ccc6c4-c4ccccc4C6(C)C)S5)cc3)ccc2-c2c1ccc1c2Oc2ccccc2S1. The first-order valence-electron chi connectivity index (χ1n) is 17.9. The van der Waals surface area contributed by atoms with Crippen LogP contribution in [0.2, 0.25) is 0 Å². The van der Waals surface area contributed by atoms with Gasteiger partial charge in [-0.15, -0.1) is 0 Å². The lowest BCUT2D eigenvalue weighted by Gasteiger charge is -2.26. The molecule has 0 spiro atoms.